The summed E-state index contributed by atoms with van der Waals surface area (Å²) in [5.74, 6) is 1.70. The second-order valence-corrected chi connectivity index (χ2v) is 12.8. The van der Waals surface area contributed by atoms with Crippen LogP contribution in [0.15, 0.2) is 30.3 Å². The number of hydrogen-bond acceptors (Lipinski definition) is 6. The number of aromatic hydroxyl groups is 1. The highest BCUT2D eigenvalue weighted by Gasteiger charge is 2.26. The zero-order valence-electron chi connectivity index (χ0n) is 22.7. The Labute approximate surface area is 229 Å². The van der Waals surface area contributed by atoms with E-state index in [-0.39, 0.29) is 22.4 Å². The van der Waals surface area contributed by atoms with Crippen LogP contribution in [0.25, 0.3) is 0 Å². The summed E-state index contributed by atoms with van der Waals surface area (Å²) in [5, 5.41) is 28.0. The predicted octanol–water partition coefficient (Wildman–Crippen LogP) is 6.83. The van der Waals surface area contributed by atoms with Crippen LogP contribution in [0.3, 0.4) is 0 Å². The Morgan fingerprint density at radius 2 is 1.65 bits per heavy atom. The van der Waals surface area contributed by atoms with Crippen molar-refractivity contribution in [3.8, 4) is 5.75 Å². The van der Waals surface area contributed by atoms with Crippen LogP contribution < -0.4 is 10.6 Å². The molecule has 2 aromatic rings. The fraction of sp³-hybridized carbons (Fsp3) is 0.536. The van der Waals surface area contributed by atoms with E-state index in [0.717, 1.165) is 29.7 Å². The van der Waals surface area contributed by atoms with Gasteiger partial charge in [-0.1, -0.05) is 65.3 Å². The van der Waals surface area contributed by atoms with Gasteiger partial charge in [-0.3, -0.25) is 14.9 Å². The topological polar surface area (TPSA) is 104 Å². The maximum Gasteiger partial charge on any atom is 0.271 e. The highest BCUT2D eigenvalue weighted by molar-refractivity contribution is 7.99. The molecule has 37 heavy (non-hydrogen) atoms. The molecular weight excluding hydrogens is 510 g/mol. The summed E-state index contributed by atoms with van der Waals surface area (Å²) in [4.78, 5) is 22.4. The van der Waals surface area contributed by atoms with E-state index in [0.29, 0.717) is 41.7 Å². The molecule has 0 heterocycles. The van der Waals surface area contributed by atoms with Gasteiger partial charge in [0.2, 0.25) is 5.91 Å². The first-order valence-electron chi connectivity index (χ1n) is 12.6. The Bertz CT molecular complexity index is 1060. The zero-order chi connectivity index (χ0) is 27.8. The van der Waals surface area contributed by atoms with Gasteiger partial charge < -0.3 is 15.7 Å². The van der Waals surface area contributed by atoms with E-state index >= 15 is 0 Å². The van der Waals surface area contributed by atoms with Gasteiger partial charge in [-0.25, -0.2) is 0 Å². The van der Waals surface area contributed by atoms with Crippen LogP contribution in [0.4, 0.5) is 11.4 Å². The Hall–Kier alpha value is -2.45. The van der Waals surface area contributed by atoms with Crippen LogP contribution in [-0.2, 0) is 22.0 Å². The standard InChI is InChI=1S/C28H40ClN3O4S/c1-27(2,3)21-15-19(16-22(26(21)34)28(4,5)6)9-7-14-37-18-25(33)31-13-8-12-30-24-11-10-20(32(35)36)17-23(24)29/h10-11,15-17,30,34H,7-9,12-14,18H2,1-6H3,(H,31,33). The lowest BCUT2D eigenvalue weighted by molar-refractivity contribution is -0.384. The van der Waals surface area contributed by atoms with Gasteiger partial charge in [-0.2, -0.15) is 11.8 Å². The fourth-order valence-corrected chi connectivity index (χ4v) is 4.90. The quantitative estimate of drug-likeness (QED) is 0.152. The number of carbonyl (C=O) groups is 1. The summed E-state index contributed by atoms with van der Waals surface area (Å²) >= 11 is 7.69. The third-order valence-electron chi connectivity index (χ3n) is 5.93. The molecule has 3 N–H and O–H groups in total. The van der Waals surface area contributed by atoms with Crippen LogP contribution >= 0.6 is 23.4 Å². The summed E-state index contributed by atoms with van der Waals surface area (Å²) in [6, 6.07) is 8.56. The SMILES string of the molecule is CC(C)(C)c1cc(CCCSCC(=O)NCCCNc2ccc([N+](=O)[O-])cc2Cl)cc(C(C)(C)C)c1O. The lowest BCUT2D eigenvalue weighted by Gasteiger charge is -2.28. The summed E-state index contributed by atoms with van der Waals surface area (Å²) in [6.45, 7) is 13.8. The Balaban J connectivity index is 1.70. The van der Waals surface area contributed by atoms with Crippen molar-refractivity contribution < 1.29 is 14.8 Å². The van der Waals surface area contributed by atoms with E-state index < -0.39 is 4.92 Å². The molecule has 0 aliphatic rings. The lowest BCUT2D eigenvalue weighted by atomic mass is 9.78. The number of nitro groups is 1. The van der Waals surface area contributed by atoms with Crippen LogP contribution in [-0.4, -0.2) is 40.5 Å². The van der Waals surface area contributed by atoms with Crippen molar-refractivity contribution in [3.63, 3.8) is 0 Å². The first-order valence-corrected chi connectivity index (χ1v) is 14.1. The van der Waals surface area contributed by atoms with Gasteiger partial charge in [0.1, 0.15) is 5.75 Å². The van der Waals surface area contributed by atoms with Gasteiger partial charge in [-0.05, 0) is 58.6 Å². The molecular formula is C28H40ClN3O4S. The molecule has 0 saturated carbocycles. The van der Waals surface area contributed by atoms with Crippen LogP contribution in [0.1, 0.15) is 71.1 Å². The van der Waals surface area contributed by atoms with Crippen LogP contribution in [0, 0.1) is 10.1 Å². The van der Waals surface area contributed by atoms with Gasteiger partial charge >= 0.3 is 0 Å². The van der Waals surface area contributed by atoms with Crippen molar-refractivity contribution >= 4 is 40.6 Å². The molecule has 0 aliphatic heterocycles. The van der Waals surface area contributed by atoms with Gasteiger partial charge in [0.05, 0.1) is 21.4 Å². The molecule has 0 spiro atoms. The first kappa shape index (κ1) is 30.8. The number of aryl methyl sites for hydroxylation is 1. The average molecular weight is 550 g/mol. The molecule has 0 unspecified atom stereocenters. The van der Waals surface area contributed by atoms with Gasteiger partial charge in [0, 0.05) is 25.2 Å². The maximum absolute atomic E-state index is 12.1. The molecule has 1 amide bonds. The normalized spacial score (nSPS) is 11.9. The number of nitro benzene ring substituents is 1. The second kappa shape index (κ2) is 13.4. The summed E-state index contributed by atoms with van der Waals surface area (Å²) < 4.78 is 0. The van der Waals surface area contributed by atoms with Crippen molar-refractivity contribution in [1.82, 2.24) is 5.32 Å². The molecule has 7 nitrogen and oxygen atoms in total. The maximum atomic E-state index is 12.1. The molecule has 0 aromatic heterocycles. The van der Waals surface area contributed by atoms with Crippen LogP contribution in [0.5, 0.6) is 5.75 Å². The van der Waals surface area contributed by atoms with Gasteiger partial charge in [0.25, 0.3) is 5.69 Å². The van der Waals surface area contributed by atoms with E-state index in [4.69, 9.17) is 11.6 Å². The Morgan fingerprint density at radius 1 is 1.03 bits per heavy atom. The molecule has 0 atom stereocenters. The fourth-order valence-electron chi connectivity index (χ4n) is 3.88. The van der Waals surface area contributed by atoms with Gasteiger partial charge in [-0.15, -0.1) is 0 Å². The molecule has 0 bridgehead atoms. The second-order valence-electron chi connectivity index (χ2n) is 11.2. The van der Waals surface area contributed by atoms with Crippen molar-refractivity contribution in [2.24, 2.45) is 0 Å². The van der Waals surface area contributed by atoms with E-state index in [1.807, 2.05) is 0 Å². The average Bonchev–Trinajstić information content (AvgIpc) is 2.78. The zero-order valence-corrected chi connectivity index (χ0v) is 24.3. The number of nitrogens with zero attached hydrogens (tertiary/aromatic N) is 1. The molecule has 0 radical (unpaired) electrons. The predicted molar refractivity (Wildman–Crippen MR) is 155 cm³/mol. The smallest absolute Gasteiger partial charge is 0.271 e. The number of thioether (sulfide) groups is 1. The van der Waals surface area contributed by atoms with E-state index in [2.05, 4.69) is 64.3 Å². The lowest BCUT2D eigenvalue weighted by Crippen LogP contribution is -2.27. The first-order chi connectivity index (χ1) is 17.2. The highest BCUT2D eigenvalue weighted by Crippen LogP contribution is 2.40. The Morgan fingerprint density at radius 3 is 2.19 bits per heavy atom. The number of halogens is 1. The minimum atomic E-state index is -0.484. The minimum absolute atomic E-state index is 0.00744. The summed E-state index contributed by atoms with van der Waals surface area (Å²) in [5.41, 5.74) is 3.48. The number of hydrogen-bond donors (Lipinski definition) is 3. The number of non-ortho nitro benzene ring substituents is 1. The van der Waals surface area contributed by atoms with E-state index in [9.17, 15) is 20.0 Å². The largest absolute Gasteiger partial charge is 0.507 e. The number of benzene rings is 2. The van der Waals surface area contributed by atoms with Crippen molar-refractivity contribution in [1.29, 1.82) is 0 Å². The molecule has 0 saturated heterocycles. The number of carbonyl (C=O) groups excluding carboxylic acids is 1. The van der Waals surface area contributed by atoms with Crippen LogP contribution in [0.2, 0.25) is 5.02 Å². The number of amides is 1. The number of rotatable bonds is 12. The summed E-state index contributed by atoms with van der Waals surface area (Å²) in [7, 11) is 0. The molecule has 0 fully saturated rings. The van der Waals surface area contributed by atoms with Gasteiger partial charge in [0.15, 0.2) is 0 Å². The van der Waals surface area contributed by atoms with Crippen molar-refractivity contribution in [3.05, 3.63) is 62.2 Å². The highest BCUT2D eigenvalue weighted by atomic mass is 35.5. The molecule has 0 aliphatic carbocycles. The Kier molecular flexibility index (Phi) is 11.1. The third-order valence-corrected chi connectivity index (χ3v) is 7.28. The van der Waals surface area contributed by atoms with E-state index in [1.54, 1.807) is 17.8 Å². The summed E-state index contributed by atoms with van der Waals surface area (Å²) in [6.07, 6.45) is 2.56. The molecule has 9 heteroatoms. The minimum Gasteiger partial charge on any atom is -0.507 e. The number of phenols is 1. The van der Waals surface area contributed by atoms with E-state index in [1.165, 1.54) is 17.7 Å². The number of anilines is 1. The van der Waals surface area contributed by atoms with Crippen molar-refractivity contribution in [2.45, 2.75) is 71.6 Å². The molecule has 2 aromatic carbocycles. The number of nitrogens with one attached hydrogen (secondary N) is 2. The van der Waals surface area contributed by atoms with Crippen molar-refractivity contribution in [2.75, 3.05) is 29.9 Å². The number of phenolic OH excluding ortho intramolecular Hbond substituents is 1. The third kappa shape index (κ3) is 9.74. The molecule has 204 valence electrons. The molecule has 2 rings (SSSR count). The monoisotopic (exact) mass is 549 g/mol.